The Labute approximate surface area is 111 Å². The van der Waals surface area contributed by atoms with Crippen LogP contribution in [0.1, 0.15) is 22.7 Å². The van der Waals surface area contributed by atoms with E-state index in [2.05, 4.69) is 10.3 Å². The number of hydrogen-bond acceptors (Lipinski definition) is 2. The first kappa shape index (κ1) is 13.6. The second kappa shape index (κ2) is 5.89. The van der Waals surface area contributed by atoms with Crippen LogP contribution in [-0.2, 0) is 6.42 Å². The third-order valence-corrected chi connectivity index (χ3v) is 3.12. The number of nitrogens with one attached hydrogen (secondary N) is 1. The minimum atomic E-state index is -0.513. The molecule has 1 atom stereocenters. The van der Waals surface area contributed by atoms with Crippen LogP contribution in [0.25, 0.3) is 0 Å². The molecule has 1 aromatic heterocycles. The van der Waals surface area contributed by atoms with Gasteiger partial charge in [0, 0.05) is 24.0 Å². The van der Waals surface area contributed by atoms with Gasteiger partial charge in [-0.1, -0.05) is 12.1 Å². The molecule has 0 aliphatic heterocycles. The summed E-state index contributed by atoms with van der Waals surface area (Å²) < 4.78 is 27.3. The molecule has 2 aromatic rings. The highest BCUT2D eigenvalue weighted by atomic mass is 19.1. The van der Waals surface area contributed by atoms with Crippen molar-refractivity contribution in [2.75, 3.05) is 7.05 Å². The fourth-order valence-electron chi connectivity index (χ4n) is 2.09. The summed E-state index contributed by atoms with van der Waals surface area (Å²) in [6.07, 6.45) is 3.72. The minimum absolute atomic E-state index is 0.100. The predicted molar refractivity (Wildman–Crippen MR) is 70.8 cm³/mol. The number of halogens is 2. The van der Waals surface area contributed by atoms with Gasteiger partial charge in [0.2, 0.25) is 0 Å². The first-order valence-corrected chi connectivity index (χ1v) is 6.13. The number of nitrogens with zero attached hydrogens (tertiary/aromatic N) is 1. The molecule has 0 aliphatic carbocycles. The van der Waals surface area contributed by atoms with Crippen LogP contribution in [-0.4, -0.2) is 12.0 Å². The topological polar surface area (TPSA) is 24.9 Å². The van der Waals surface area contributed by atoms with E-state index < -0.39 is 11.6 Å². The second-order valence-corrected chi connectivity index (χ2v) is 4.54. The fraction of sp³-hybridized carbons (Fsp3) is 0.267. The standard InChI is InChI=1S/C15H16F2N2/c1-10-6-11(9-19-8-10)15(18-2)7-12-13(16)4-3-5-14(12)17/h3-6,8-9,15,18H,7H2,1-2H3. The van der Waals surface area contributed by atoms with Crippen molar-refractivity contribution < 1.29 is 8.78 Å². The number of hydrogen-bond donors (Lipinski definition) is 1. The largest absolute Gasteiger partial charge is 0.313 e. The van der Waals surface area contributed by atoms with Gasteiger partial charge in [-0.25, -0.2) is 8.78 Å². The molecule has 0 aliphatic rings. The van der Waals surface area contributed by atoms with E-state index >= 15 is 0 Å². The molecule has 4 heteroatoms. The lowest BCUT2D eigenvalue weighted by atomic mass is 9.99. The quantitative estimate of drug-likeness (QED) is 0.915. The minimum Gasteiger partial charge on any atom is -0.313 e. The van der Waals surface area contributed by atoms with Crippen LogP contribution in [0.2, 0.25) is 0 Å². The molecule has 0 bridgehead atoms. The van der Waals surface area contributed by atoms with Crippen LogP contribution in [0.5, 0.6) is 0 Å². The first-order valence-electron chi connectivity index (χ1n) is 6.13. The summed E-state index contributed by atoms with van der Waals surface area (Å²) in [5, 5.41) is 3.08. The summed E-state index contributed by atoms with van der Waals surface area (Å²) in [6, 6.07) is 5.72. The van der Waals surface area contributed by atoms with Gasteiger partial charge in [-0.05, 0) is 43.7 Å². The molecule has 0 amide bonds. The van der Waals surface area contributed by atoms with Crippen LogP contribution in [0.3, 0.4) is 0 Å². The average Bonchev–Trinajstić information content (AvgIpc) is 2.38. The Morgan fingerprint density at radius 1 is 1.21 bits per heavy atom. The predicted octanol–water partition coefficient (Wildman–Crippen LogP) is 3.17. The number of aromatic nitrogens is 1. The van der Waals surface area contributed by atoms with Crippen molar-refractivity contribution in [1.29, 1.82) is 0 Å². The summed E-state index contributed by atoms with van der Waals surface area (Å²) in [6.45, 7) is 1.94. The summed E-state index contributed by atoms with van der Waals surface area (Å²) >= 11 is 0. The Morgan fingerprint density at radius 2 is 1.89 bits per heavy atom. The smallest absolute Gasteiger partial charge is 0.129 e. The molecule has 0 saturated heterocycles. The Kier molecular flexibility index (Phi) is 4.22. The molecule has 19 heavy (non-hydrogen) atoms. The number of pyridine rings is 1. The monoisotopic (exact) mass is 262 g/mol. The molecule has 1 unspecified atom stereocenters. The Morgan fingerprint density at radius 3 is 2.47 bits per heavy atom. The summed E-state index contributed by atoms with van der Waals surface area (Å²) in [5.41, 5.74) is 2.04. The Balaban J connectivity index is 2.29. The zero-order valence-electron chi connectivity index (χ0n) is 11.0. The van der Waals surface area contributed by atoms with Crippen LogP contribution >= 0.6 is 0 Å². The molecule has 1 aromatic carbocycles. The van der Waals surface area contributed by atoms with E-state index in [0.29, 0.717) is 0 Å². The van der Waals surface area contributed by atoms with Gasteiger partial charge in [0.05, 0.1) is 0 Å². The highest BCUT2D eigenvalue weighted by Gasteiger charge is 2.16. The van der Waals surface area contributed by atoms with Crippen molar-refractivity contribution in [2.24, 2.45) is 0 Å². The van der Waals surface area contributed by atoms with Crippen LogP contribution in [0.15, 0.2) is 36.7 Å². The number of rotatable bonds is 4. The lowest BCUT2D eigenvalue weighted by molar-refractivity contribution is 0.514. The van der Waals surface area contributed by atoms with E-state index in [-0.39, 0.29) is 18.0 Å². The van der Waals surface area contributed by atoms with Gasteiger partial charge < -0.3 is 5.32 Å². The maximum Gasteiger partial charge on any atom is 0.129 e. The van der Waals surface area contributed by atoms with Gasteiger partial charge in [-0.3, -0.25) is 4.98 Å². The summed E-state index contributed by atoms with van der Waals surface area (Å²) in [5.74, 6) is -1.03. The third-order valence-electron chi connectivity index (χ3n) is 3.12. The SMILES string of the molecule is CNC(Cc1c(F)cccc1F)c1cncc(C)c1. The molecule has 2 rings (SSSR count). The van der Waals surface area contributed by atoms with Crippen molar-refractivity contribution in [3.63, 3.8) is 0 Å². The lowest BCUT2D eigenvalue weighted by Crippen LogP contribution is -2.20. The normalized spacial score (nSPS) is 12.4. The molecule has 0 saturated carbocycles. The van der Waals surface area contributed by atoms with Crippen molar-refractivity contribution in [2.45, 2.75) is 19.4 Å². The number of aryl methyl sites for hydroxylation is 1. The molecule has 1 N–H and O–H groups in total. The van der Waals surface area contributed by atoms with Gasteiger partial charge in [0.15, 0.2) is 0 Å². The van der Waals surface area contributed by atoms with E-state index in [1.807, 2.05) is 13.0 Å². The van der Waals surface area contributed by atoms with Crippen LogP contribution in [0.4, 0.5) is 8.78 Å². The molecule has 0 spiro atoms. The summed E-state index contributed by atoms with van der Waals surface area (Å²) in [7, 11) is 1.77. The highest BCUT2D eigenvalue weighted by Crippen LogP contribution is 2.22. The second-order valence-electron chi connectivity index (χ2n) is 4.54. The maximum absolute atomic E-state index is 13.7. The molecule has 0 fully saturated rings. The molecule has 2 nitrogen and oxygen atoms in total. The highest BCUT2D eigenvalue weighted by molar-refractivity contribution is 5.26. The van der Waals surface area contributed by atoms with Crippen molar-refractivity contribution >= 4 is 0 Å². The van der Waals surface area contributed by atoms with Crippen LogP contribution < -0.4 is 5.32 Å². The molecule has 0 radical (unpaired) electrons. The van der Waals surface area contributed by atoms with Gasteiger partial charge in [-0.2, -0.15) is 0 Å². The zero-order valence-corrected chi connectivity index (χ0v) is 11.0. The molecular weight excluding hydrogens is 246 g/mol. The van der Waals surface area contributed by atoms with Crippen LogP contribution in [0, 0.1) is 18.6 Å². The van der Waals surface area contributed by atoms with E-state index in [1.54, 1.807) is 19.4 Å². The summed E-state index contributed by atoms with van der Waals surface area (Å²) in [4.78, 5) is 4.11. The van der Waals surface area contributed by atoms with Gasteiger partial charge in [0.25, 0.3) is 0 Å². The molecule has 1 heterocycles. The maximum atomic E-state index is 13.7. The Hall–Kier alpha value is -1.81. The average molecular weight is 262 g/mol. The molecular formula is C15H16F2N2. The molecule has 100 valence electrons. The van der Waals surface area contributed by atoms with E-state index in [0.717, 1.165) is 11.1 Å². The van der Waals surface area contributed by atoms with E-state index in [4.69, 9.17) is 0 Å². The Bertz CT molecular complexity index is 550. The van der Waals surface area contributed by atoms with Gasteiger partial charge in [0.1, 0.15) is 11.6 Å². The fourth-order valence-corrected chi connectivity index (χ4v) is 2.09. The van der Waals surface area contributed by atoms with Gasteiger partial charge in [-0.15, -0.1) is 0 Å². The van der Waals surface area contributed by atoms with E-state index in [9.17, 15) is 8.78 Å². The van der Waals surface area contributed by atoms with Crippen molar-refractivity contribution in [3.8, 4) is 0 Å². The van der Waals surface area contributed by atoms with Crippen molar-refractivity contribution in [1.82, 2.24) is 10.3 Å². The number of benzene rings is 1. The zero-order chi connectivity index (χ0) is 13.8. The van der Waals surface area contributed by atoms with Gasteiger partial charge >= 0.3 is 0 Å². The van der Waals surface area contributed by atoms with E-state index in [1.165, 1.54) is 18.2 Å². The first-order chi connectivity index (χ1) is 9.11. The lowest BCUT2D eigenvalue weighted by Gasteiger charge is -2.17. The number of likely N-dealkylation sites (N-methyl/N-ethyl adjacent to an activating group) is 1. The van der Waals surface area contributed by atoms with Crippen molar-refractivity contribution in [3.05, 3.63) is 65.0 Å². The third kappa shape index (κ3) is 3.15.